The van der Waals surface area contributed by atoms with Crippen molar-refractivity contribution >= 4 is 33.4 Å². The number of benzene rings is 1. The fourth-order valence-electron chi connectivity index (χ4n) is 3.06. The first kappa shape index (κ1) is 16.7. The topological polar surface area (TPSA) is 122 Å². The molecule has 1 atom stereocenters. The summed E-state index contributed by atoms with van der Waals surface area (Å²) in [5.74, 6) is 0.349. The van der Waals surface area contributed by atoms with E-state index in [0.717, 1.165) is 16.4 Å². The van der Waals surface area contributed by atoms with Gasteiger partial charge in [-0.3, -0.25) is 10.1 Å². The average Bonchev–Trinajstić information content (AvgIpc) is 3.06. The first-order valence-electron chi connectivity index (χ1n) is 8.29. The Morgan fingerprint density at radius 2 is 2.07 bits per heavy atom. The lowest BCUT2D eigenvalue weighted by Gasteiger charge is -2.15. The molecule has 136 valence electrons. The summed E-state index contributed by atoms with van der Waals surface area (Å²) in [6, 6.07) is 10.5. The summed E-state index contributed by atoms with van der Waals surface area (Å²) in [6.07, 6.45) is 2.74. The highest BCUT2D eigenvalue weighted by atomic mass is 16.6. The van der Waals surface area contributed by atoms with Gasteiger partial charge in [-0.2, -0.15) is 0 Å². The highest BCUT2D eigenvalue weighted by molar-refractivity contribution is 6.06. The quantitative estimate of drug-likeness (QED) is 0.427. The number of pyridine rings is 2. The van der Waals surface area contributed by atoms with Crippen molar-refractivity contribution in [3.63, 3.8) is 0 Å². The van der Waals surface area contributed by atoms with Crippen LogP contribution >= 0.6 is 0 Å². The molecular formula is C18H16N6O3. The van der Waals surface area contributed by atoms with E-state index < -0.39 is 4.92 Å². The lowest BCUT2D eigenvalue weighted by Crippen LogP contribution is -2.20. The molecule has 3 aromatic heterocycles. The lowest BCUT2D eigenvalue weighted by atomic mass is 10.2. The van der Waals surface area contributed by atoms with Crippen LogP contribution in [0.1, 0.15) is 6.92 Å². The smallest absolute Gasteiger partial charge is 0.330 e. The van der Waals surface area contributed by atoms with Gasteiger partial charge >= 0.3 is 5.69 Å². The van der Waals surface area contributed by atoms with Gasteiger partial charge in [0.1, 0.15) is 11.6 Å². The zero-order valence-corrected chi connectivity index (χ0v) is 14.4. The lowest BCUT2D eigenvalue weighted by molar-refractivity contribution is -0.386. The number of rotatable bonds is 5. The van der Waals surface area contributed by atoms with E-state index in [-0.39, 0.29) is 17.7 Å². The van der Waals surface area contributed by atoms with Gasteiger partial charge in [0.25, 0.3) is 5.88 Å². The third-order valence-corrected chi connectivity index (χ3v) is 4.19. The van der Waals surface area contributed by atoms with E-state index in [4.69, 9.17) is 10.5 Å². The van der Waals surface area contributed by atoms with Crippen LogP contribution in [0.3, 0.4) is 0 Å². The van der Waals surface area contributed by atoms with Gasteiger partial charge in [-0.25, -0.2) is 15.0 Å². The molecule has 2 N–H and O–H groups in total. The normalized spacial score (nSPS) is 12.3. The van der Waals surface area contributed by atoms with Gasteiger partial charge in [0.15, 0.2) is 5.82 Å². The predicted octanol–water partition coefficient (Wildman–Crippen LogP) is 2.94. The minimum atomic E-state index is -0.512. The summed E-state index contributed by atoms with van der Waals surface area (Å²) in [4.78, 5) is 23.3. The summed E-state index contributed by atoms with van der Waals surface area (Å²) in [6.45, 7) is 2.23. The van der Waals surface area contributed by atoms with Crippen LogP contribution < -0.4 is 10.5 Å². The molecule has 0 aliphatic rings. The number of nitrogen functional groups attached to an aromatic ring is 1. The number of nitro groups is 1. The molecule has 0 saturated heterocycles. The Kier molecular flexibility index (Phi) is 4.03. The molecule has 0 amide bonds. The summed E-state index contributed by atoms with van der Waals surface area (Å²) in [7, 11) is 0. The van der Waals surface area contributed by atoms with Gasteiger partial charge in [-0.1, -0.05) is 18.2 Å². The second-order valence-electron chi connectivity index (χ2n) is 6.12. The second kappa shape index (κ2) is 6.52. The fraction of sp³-hybridized carbons (Fsp3) is 0.167. The molecule has 27 heavy (non-hydrogen) atoms. The number of nitrogens with zero attached hydrogens (tertiary/aromatic N) is 5. The molecular weight excluding hydrogens is 348 g/mol. The van der Waals surface area contributed by atoms with E-state index in [9.17, 15) is 10.1 Å². The number of anilines is 1. The van der Waals surface area contributed by atoms with Crippen molar-refractivity contribution in [1.29, 1.82) is 0 Å². The predicted molar refractivity (Wildman–Crippen MR) is 100 cm³/mol. The number of fused-ring (bicyclic) bond motifs is 3. The first-order valence-corrected chi connectivity index (χ1v) is 8.29. The summed E-state index contributed by atoms with van der Waals surface area (Å²) < 4.78 is 7.63. The SMILES string of the molecule is CC(Cn1cnc2c(N)nc3ccccc3c21)Oc1ncccc1[N+](=O)[O-]. The largest absolute Gasteiger partial charge is 0.468 e. The minimum Gasteiger partial charge on any atom is -0.468 e. The van der Waals surface area contributed by atoms with E-state index in [0.29, 0.717) is 17.9 Å². The van der Waals surface area contributed by atoms with Crippen molar-refractivity contribution in [3.05, 3.63) is 59.0 Å². The molecule has 1 unspecified atom stereocenters. The summed E-state index contributed by atoms with van der Waals surface area (Å²) in [5, 5.41) is 12.1. The Balaban J connectivity index is 1.69. The molecule has 0 saturated carbocycles. The number of hydrogen-bond donors (Lipinski definition) is 1. The van der Waals surface area contributed by atoms with Crippen molar-refractivity contribution < 1.29 is 9.66 Å². The van der Waals surface area contributed by atoms with Gasteiger partial charge in [0.2, 0.25) is 0 Å². The van der Waals surface area contributed by atoms with Crippen LogP contribution in [0.25, 0.3) is 21.9 Å². The maximum absolute atomic E-state index is 11.1. The van der Waals surface area contributed by atoms with Gasteiger partial charge < -0.3 is 15.0 Å². The van der Waals surface area contributed by atoms with Crippen molar-refractivity contribution in [2.24, 2.45) is 0 Å². The Morgan fingerprint density at radius 3 is 2.89 bits per heavy atom. The Bertz CT molecular complexity index is 1160. The minimum absolute atomic E-state index is 0.00883. The average molecular weight is 364 g/mol. The molecule has 4 aromatic rings. The molecule has 0 fully saturated rings. The van der Waals surface area contributed by atoms with Crippen LogP contribution in [0.5, 0.6) is 5.88 Å². The number of ether oxygens (including phenoxy) is 1. The van der Waals surface area contributed by atoms with Crippen LogP contribution in [0.2, 0.25) is 0 Å². The van der Waals surface area contributed by atoms with Gasteiger partial charge in [0.05, 0.1) is 28.8 Å². The fourth-order valence-corrected chi connectivity index (χ4v) is 3.06. The van der Waals surface area contributed by atoms with Crippen molar-refractivity contribution in [1.82, 2.24) is 19.5 Å². The highest BCUT2D eigenvalue weighted by Gasteiger charge is 2.19. The molecule has 0 aliphatic carbocycles. The third kappa shape index (κ3) is 2.99. The number of aromatic nitrogens is 4. The van der Waals surface area contributed by atoms with E-state index in [1.54, 1.807) is 6.33 Å². The van der Waals surface area contributed by atoms with E-state index >= 15 is 0 Å². The number of hydrogen-bond acceptors (Lipinski definition) is 7. The third-order valence-electron chi connectivity index (χ3n) is 4.19. The molecule has 0 spiro atoms. The van der Waals surface area contributed by atoms with Crippen molar-refractivity contribution in [3.8, 4) is 5.88 Å². The molecule has 9 nitrogen and oxygen atoms in total. The van der Waals surface area contributed by atoms with Crippen LogP contribution in [-0.2, 0) is 6.54 Å². The van der Waals surface area contributed by atoms with Crippen LogP contribution in [0, 0.1) is 10.1 Å². The molecule has 9 heteroatoms. The van der Waals surface area contributed by atoms with E-state index in [1.807, 2.05) is 35.8 Å². The van der Waals surface area contributed by atoms with Gasteiger partial charge in [0, 0.05) is 17.6 Å². The van der Waals surface area contributed by atoms with Crippen LogP contribution in [-0.4, -0.2) is 30.5 Å². The Labute approximate surface area is 153 Å². The number of imidazole rings is 1. The molecule has 0 aliphatic heterocycles. The van der Waals surface area contributed by atoms with Gasteiger partial charge in [-0.15, -0.1) is 0 Å². The highest BCUT2D eigenvalue weighted by Crippen LogP contribution is 2.28. The first-order chi connectivity index (χ1) is 13.0. The molecule has 4 rings (SSSR count). The van der Waals surface area contributed by atoms with Crippen LogP contribution in [0.15, 0.2) is 48.9 Å². The maximum Gasteiger partial charge on any atom is 0.330 e. The monoisotopic (exact) mass is 364 g/mol. The maximum atomic E-state index is 11.1. The van der Waals surface area contributed by atoms with E-state index in [2.05, 4.69) is 15.0 Å². The Hall–Kier alpha value is -3.75. The van der Waals surface area contributed by atoms with Gasteiger partial charge in [-0.05, 0) is 19.1 Å². The zero-order valence-electron chi connectivity index (χ0n) is 14.4. The van der Waals surface area contributed by atoms with Crippen molar-refractivity contribution in [2.45, 2.75) is 19.6 Å². The van der Waals surface area contributed by atoms with Crippen molar-refractivity contribution in [2.75, 3.05) is 5.73 Å². The number of para-hydroxylation sites is 1. The molecule has 3 heterocycles. The van der Waals surface area contributed by atoms with Crippen LogP contribution in [0.4, 0.5) is 11.5 Å². The summed E-state index contributed by atoms with van der Waals surface area (Å²) >= 11 is 0. The zero-order chi connectivity index (χ0) is 19.0. The number of nitrogens with two attached hydrogens (primary N) is 1. The molecule has 0 radical (unpaired) electrons. The Morgan fingerprint density at radius 1 is 1.26 bits per heavy atom. The molecule has 1 aromatic carbocycles. The summed E-state index contributed by atoms with van der Waals surface area (Å²) in [5.41, 5.74) is 8.11. The molecule has 0 bridgehead atoms. The second-order valence-corrected chi connectivity index (χ2v) is 6.12. The standard InChI is InChI=1S/C18H16N6O3/c1-11(27-18-14(24(25)26)7-4-8-20-18)9-23-10-21-15-16(23)12-5-2-3-6-13(12)22-17(15)19/h2-8,10-11H,9H2,1H3,(H2,19,22). The van der Waals surface area contributed by atoms with E-state index in [1.165, 1.54) is 18.3 Å².